The number of rotatable bonds is 4. The van der Waals surface area contributed by atoms with Gasteiger partial charge in [-0.25, -0.2) is 0 Å². The fourth-order valence-electron chi connectivity index (χ4n) is 2.83. The molecule has 24 heavy (non-hydrogen) atoms. The number of benzene rings is 1. The van der Waals surface area contributed by atoms with Gasteiger partial charge in [-0.3, -0.25) is 0 Å². The minimum absolute atomic E-state index is 0.643. The summed E-state index contributed by atoms with van der Waals surface area (Å²) >= 11 is 6.16. The van der Waals surface area contributed by atoms with Gasteiger partial charge in [-0.15, -0.1) is 5.10 Å². The molecule has 1 aromatic heterocycles. The van der Waals surface area contributed by atoms with Crippen LogP contribution in [0.4, 0.5) is 17.5 Å². The Morgan fingerprint density at radius 3 is 2.62 bits per heavy atom. The first-order chi connectivity index (χ1) is 11.7. The SMILES string of the molecule is COc1cc(Cl)c(C)cc1Nc1cnnc(N2CCCCCC2)n1. The average molecular weight is 348 g/mol. The number of anilines is 3. The van der Waals surface area contributed by atoms with E-state index >= 15 is 0 Å². The monoisotopic (exact) mass is 347 g/mol. The molecular weight excluding hydrogens is 326 g/mol. The number of aromatic nitrogens is 3. The van der Waals surface area contributed by atoms with E-state index in [2.05, 4.69) is 25.4 Å². The minimum atomic E-state index is 0.643. The molecular formula is C17H22ClN5O. The van der Waals surface area contributed by atoms with Crippen LogP contribution >= 0.6 is 11.6 Å². The van der Waals surface area contributed by atoms with Gasteiger partial charge in [-0.2, -0.15) is 10.1 Å². The first-order valence-electron chi connectivity index (χ1n) is 8.23. The summed E-state index contributed by atoms with van der Waals surface area (Å²) in [6.45, 7) is 3.91. The van der Waals surface area contributed by atoms with Crippen molar-refractivity contribution in [2.75, 3.05) is 30.4 Å². The van der Waals surface area contributed by atoms with Crippen molar-refractivity contribution in [2.24, 2.45) is 0 Å². The van der Waals surface area contributed by atoms with Gasteiger partial charge >= 0.3 is 0 Å². The van der Waals surface area contributed by atoms with Crippen LogP contribution in [0, 0.1) is 6.92 Å². The van der Waals surface area contributed by atoms with Crippen LogP contribution in [0.25, 0.3) is 0 Å². The van der Waals surface area contributed by atoms with E-state index in [1.807, 2.05) is 13.0 Å². The number of methoxy groups -OCH3 is 1. The zero-order chi connectivity index (χ0) is 16.9. The Bertz CT molecular complexity index is 701. The van der Waals surface area contributed by atoms with Crippen molar-refractivity contribution in [2.45, 2.75) is 32.6 Å². The predicted octanol–water partition coefficient (Wildman–Crippen LogP) is 3.97. The van der Waals surface area contributed by atoms with E-state index in [0.29, 0.717) is 22.5 Å². The summed E-state index contributed by atoms with van der Waals surface area (Å²) in [6.07, 6.45) is 6.49. The van der Waals surface area contributed by atoms with Crippen LogP contribution in [0.1, 0.15) is 31.2 Å². The first-order valence-corrected chi connectivity index (χ1v) is 8.61. The molecule has 0 saturated carbocycles. The highest BCUT2D eigenvalue weighted by Crippen LogP contribution is 2.32. The fourth-order valence-corrected chi connectivity index (χ4v) is 2.98. The Labute approximate surface area is 147 Å². The molecule has 7 heteroatoms. The minimum Gasteiger partial charge on any atom is -0.495 e. The Hall–Kier alpha value is -2.08. The number of halogens is 1. The summed E-state index contributed by atoms with van der Waals surface area (Å²) in [6, 6.07) is 3.73. The third kappa shape index (κ3) is 3.87. The van der Waals surface area contributed by atoms with Gasteiger partial charge in [0.05, 0.1) is 19.0 Å². The Balaban J connectivity index is 1.83. The normalized spacial score (nSPS) is 15.0. The Kier molecular flexibility index (Phi) is 5.35. The van der Waals surface area contributed by atoms with Crippen LogP contribution in [-0.2, 0) is 0 Å². The highest BCUT2D eigenvalue weighted by atomic mass is 35.5. The van der Waals surface area contributed by atoms with E-state index in [1.54, 1.807) is 19.4 Å². The molecule has 128 valence electrons. The maximum absolute atomic E-state index is 6.16. The Morgan fingerprint density at radius 2 is 1.92 bits per heavy atom. The van der Waals surface area contributed by atoms with Crippen molar-refractivity contribution in [3.8, 4) is 5.75 Å². The van der Waals surface area contributed by atoms with Crippen molar-refractivity contribution in [1.82, 2.24) is 15.2 Å². The van der Waals surface area contributed by atoms with E-state index in [1.165, 1.54) is 25.7 Å². The van der Waals surface area contributed by atoms with Crippen LogP contribution in [-0.4, -0.2) is 35.4 Å². The fraction of sp³-hybridized carbons (Fsp3) is 0.471. The van der Waals surface area contributed by atoms with E-state index in [9.17, 15) is 0 Å². The lowest BCUT2D eigenvalue weighted by molar-refractivity contribution is 0.416. The second-order valence-electron chi connectivity index (χ2n) is 5.97. The maximum Gasteiger partial charge on any atom is 0.247 e. The van der Waals surface area contributed by atoms with Crippen LogP contribution in [0.5, 0.6) is 5.75 Å². The van der Waals surface area contributed by atoms with Gasteiger partial charge in [0.15, 0.2) is 5.82 Å². The zero-order valence-corrected chi connectivity index (χ0v) is 14.8. The topological polar surface area (TPSA) is 63.2 Å². The molecule has 1 saturated heterocycles. The van der Waals surface area contributed by atoms with Crippen molar-refractivity contribution < 1.29 is 4.74 Å². The summed E-state index contributed by atoms with van der Waals surface area (Å²) in [5, 5.41) is 12.2. The van der Waals surface area contributed by atoms with Gasteiger partial charge in [0.2, 0.25) is 5.95 Å². The molecule has 3 rings (SSSR count). The lowest BCUT2D eigenvalue weighted by Crippen LogP contribution is -2.26. The molecule has 1 aliphatic rings. The van der Waals surface area contributed by atoms with E-state index in [-0.39, 0.29) is 0 Å². The number of ether oxygens (including phenoxy) is 1. The number of hydrogen-bond donors (Lipinski definition) is 1. The van der Waals surface area contributed by atoms with Crippen molar-refractivity contribution in [3.63, 3.8) is 0 Å². The molecule has 6 nitrogen and oxygen atoms in total. The molecule has 2 aromatic rings. The Morgan fingerprint density at radius 1 is 1.17 bits per heavy atom. The van der Waals surface area contributed by atoms with Gasteiger partial charge in [0.25, 0.3) is 0 Å². The van der Waals surface area contributed by atoms with Gasteiger partial charge in [-0.05, 0) is 31.4 Å². The van der Waals surface area contributed by atoms with Crippen molar-refractivity contribution in [1.29, 1.82) is 0 Å². The molecule has 0 bridgehead atoms. The van der Waals surface area contributed by atoms with E-state index in [0.717, 1.165) is 24.3 Å². The molecule has 0 spiro atoms. The van der Waals surface area contributed by atoms with Crippen molar-refractivity contribution >= 4 is 29.1 Å². The molecule has 1 aliphatic heterocycles. The largest absolute Gasteiger partial charge is 0.495 e. The maximum atomic E-state index is 6.16. The van der Waals surface area contributed by atoms with Crippen LogP contribution in [0.3, 0.4) is 0 Å². The smallest absolute Gasteiger partial charge is 0.247 e. The standard InChI is InChI=1S/C17H22ClN5O/c1-12-9-14(15(24-2)10-13(12)18)20-16-11-19-22-17(21-16)23-7-5-3-4-6-8-23/h9-11H,3-8H2,1-2H3,(H,20,21,22). The van der Waals surface area contributed by atoms with Crippen LogP contribution in [0.15, 0.2) is 18.3 Å². The highest BCUT2D eigenvalue weighted by Gasteiger charge is 2.14. The number of nitrogens with zero attached hydrogens (tertiary/aromatic N) is 4. The average Bonchev–Trinajstić information content (AvgIpc) is 2.87. The lowest BCUT2D eigenvalue weighted by Gasteiger charge is -2.20. The molecule has 1 aromatic carbocycles. The van der Waals surface area contributed by atoms with Crippen LogP contribution in [0.2, 0.25) is 5.02 Å². The third-order valence-electron chi connectivity index (χ3n) is 4.18. The second kappa shape index (κ2) is 7.66. The van der Waals surface area contributed by atoms with Crippen molar-refractivity contribution in [3.05, 3.63) is 28.9 Å². The highest BCUT2D eigenvalue weighted by molar-refractivity contribution is 6.31. The quantitative estimate of drug-likeness (QED) is 0.903. The summed E-state index contributed by atoms with van der Waals surface area (Å²) in [7, 11) is 1.62. The molecule has 0 aliphatic carbocycles. The summed E-state index contributed by atoms with van der Waals surface area (Å²) in [5.41, 5.74) is 1.77. The number of aryl methyl sites for hydroxylation is 1. The predicted molar refractivity (Wildman–Crippen MR) is 96.5 cm³/mol. The van der Waals surface area contributed by atoms with Gasteiger partial charge in [-0.1, -0.05) is 24.4 Å². The molecule has 0 unspecified atom stereocenters. The second-order valence-corrected chi connectivity index (χ2v) is 6.38. The molecule has 0 atom stereocenters. The number of hydrogen-bond acceptors (Lipinski definition) is 6. The van der Waals surface area contributed by atoms with Crippen LogP contribution < -0.4 is 15.0 Å². The molecule has 2 heterocycles. The molecule has 1 N–H and O–H groups in total. The summed E-state index contributed by atoms with van der Waals surface area (Å²) in [5.74, 6) is 1.98. The number of nitrogens with one attached hydrogen (secondary N) is 1. The summed E-state index contributed by atoms with van der Waals surface area (Å²) in [4.78, 5) is 6.82. The van der Waals surface area contributed by atoms with Gasteiger partial charge in [0, 0.05) is 24.2 Å². The first kappa shape index (κ1) is 16.8. The molecule has 0 radical (unpaired) electrons. The molecule has 0 amide bonds. The van der Waals surface area contributed by atoms with E-state index in [4.69, 9.17) is 16.3 Å². The van der Waals surface area contributed by atoms with Gasteiger partial charge < -0.3 is 15.0 Å². The lowest BCUT2D eigenvalue weighted by atomic mass is 10.2. The molecule has 1 fully saturated rings. The zero-order valence-electron chi connectivity index (χ0n) is 14.0. The van der Waals surface area contributed by atoms with E-state index < -0.39 is 0 Å². The third-order valence-corrected chi connectivity index (χ3v) is 4.59. The van der Waals surface area contributed by atoms with Gasteiger partial charge in [0.1, 0.15) is 5.75 Å². The summed E-state index contributed by atoms with van der Waals surface area (Å²) < 4.78 is 5.40.